The number of hydrogen-bond donors (Lipinski definition) is 0. The summed E-state index contributed by atoms with van der Waals surface area (Å²) in [4.78, 5) is 17.6. The second-order valence-electron chi connectivity index (χ2n) is 6.78. The van der Waals surface area contributed by atoms with Crippen LogP contribution in [-0.4, -0.2) is 31.2 Å². The number of nitrogens with zero attached hydrogens (tertiary/aromatic N) is 3. The Hall–Kier alpha value is -2.45. The first-order chi connectivity index (χ1) is 12.8. The Labute approximate surface area is 161 Å². The number of thiazole rings is 1. The Balaban J connectivity index is 1.74. The van der Waals surface area contributed by atoms with Gasteiger partial charge in [-0.3, -0.25) is 9.10 Å². The summed E-state index contributed by atoms with van der Waals surface area (Å²) in [5.41, 5.74) is 3.00. The molecule has 1 aliphatic rings. The molecule has 1 aliphatic heterocycles. The summed E-state index contributed by atoms with van der Waals surface area (Å²) in [7, 11) is -1.46. The maximum absolute atomic E-state index is 12.7. The molecule has 0 N–H and O–H groups in total. The molecular formula is C19H19N3O3S2. The molecule has 140 valence electrons. The van der Waals surface area contributed by atoms with Crippen LogP contribution >= 0.6 is 11.3 Å². The summed E-state index contributed by atoms with van der Waals surface area (Å²) >= 11 is 1.46. The van der Waals surface area contributed by atoms with Gasteiger partial charge in [0.15, 0.2) is 4.80 Å². The van der Waals surface area contributed by atoms with Crippen molar-refractivity contribution in [1.29, 1.82) is 0 Å². The first-order valence-corrected chi connectivity index (χ1v) is 11.2. The fraction of sp³-hybridized carbons (Fsp3) is 0.263. The molecule has 8 heteroatoms. The molecule has 0 bridgehead atoms. The third-order valence-electron chi connectivity index (χ3n) is 4.75. The van der Waals surface area contributed by atoms with Gasteiger partial charge in [0, 0.05) is 18.7 Å². The molecule has 0 radical (unpaired) electrons. The van der Waals surface area contributed by atoms with Crippen molar-refractivity contribution in [2.45, 2.75) is 19.4 Å². The number of rotatable bonds is 2. The van der Waals surface area contributed by atoms with Crippen LogP contribution in [0, 0.1) is 0 Å². The van der Waals surface area contributed by atoms with E-state index in [0.29, 0.717) is 22.5 Å². The number of para-hydroxylation sites is 1. The van der Waals surface area contributed by atoms with Gasteiger partial charge < -0.3 is 4.57 Å². The van der Waals surface area contributed by atoms with E-state index in [2.05, 4.69) is 4.99 Å². The van der Waals surface area contributed by atoms with Gasteiger partial charge in [-0.25, -0.2) is 8.42 Å². The number of aromatic nitrogens is 1. The van der Waals surface area contributed by atoms with Crippen molar-refractivity contribution in [3.63, 3.8) is 0 Å². The van der Waals surface area contributed by atoms with Gasteiger partial charge in [0.1, 0.15) is 0 Å². The minimum Gasteiger partial charge on any atom is -0.319 e. The lowest BCUT2D eigenvalue weighted by molar-refractivity contribution is 0.0998. The number of hydrogen-bond acceptors (Lipinski definition) is 4. The second-order valence-corrected chi connectivity index (χ2v) is 9.65. The van der Waals surface area contributed by atoms with Crippen LogP contribution in [0.4, 0.5) is 5.69 Å². The highest BCUT2D eigenvalue weighted by Crippen LogP contribution is 2.34. The monoisotopic (exact) mass is 401 g/mol. The quantitative estimate of drug-likeness (QED) is 0.663. The number of benzene rings is 2. The van der Waals surface area contributed by atoms with Crippen molar-refractivity contribution in [1.82, 2.24) is 4.57 Å². The summed E-state index contributed by atoms with van der Waals surface area (Å²) in [6, 6.07) is 12.9. The van der Waals surface area contributed by atoms with Crippen LogP contribution in [0.25, 0.3) is 10.2 Å². The maximum atomic E-state index is 12.7. The molecule has 2 aromatic carbocycles. The average molecular weight is 402 g/mol. The molecule has 4 rings (SSSR count). The molecule has 1 unspecified atom stereocenters. The SMILES string of the molecule is CC1Cc2cc(C(=O)N=c3sc4ccccc4n3C)ccc2N1S(C)(=O)=O. The van der Waals surface area contributed by atoms with Gasteiger partial charge in [-0.05, 0) is 49.2 Å². The predicted octanol–water partition coefficient (Wildman–Crippen LogP) is 2.69. The molecule has 1 aromatic heterocycles. The molecule has 0 saturated carbocycles. The largest absolute Gasteiger partial charge is 0.319 e. The van der Waals surface area contributed by atoms with Crippen LogP contribution in [0.2, 0.25) is 0 Å². The van der Waals surface area contributed by atoms with E-state index in [1.807, 2.05) is 42.8 Å². The molecule has 1 atom stereocenters. The van der Waals surface area contributed by atoms with E-state index in [9.17, 15) is 13.2 Å². The average Bonchev–Trinajstić information content (AvgIpc) is 3.10. The van der Waals surface area contributed by atoms with Gasteiger partial charge in [0.2, 0.25) is 10.0 Å². The van der Waals surface area contributed by atoms with Crippen LogP contribution in [0.5, 0.6) is 0 Å². The zero-order valence-electron chi connectivity index (χ0n) is 15.2. The van der Waals surface area contributed by atoms with Gasteiger partial charge in [0.05, 0.1) is 22.2 Å². The van der Waals surface area contributed by atoms with Crippen LogP contribution in [0.1, 0.15) is 22.8 Å². The van der Waals surface area contributed by atoms with E-state index in [1.54, 1.807) is 18.2 Å². The van der Waals surface area contributed by atoms with Crippen LogP contribution < -0.4 is 9.11 Å². The minimum absolute atomic E-state index is 0.155. The van der Waals surface area contributed by atoms with Crippen molar-refractivity contribution in [3.8, 4) is 0 Å². The van der Waals surface area contributed by atoms with E-state index < -0.39 is 10.0 Å². The standard InChI is InChI=1S/C19H19N3O3S2/c1-12-10-14-11-13(8-9-15(14)22(12)27(3,24)25)18(23)20-19-21(2)16-6-4-5-7-17(16)26-19/h4-9,11-12H,10H2,1-3H3. The fourth-order valence-electron chi connectivity index (χ4n) is 3.58. The van der Waals surface area contributed by atoms with E-state index in [-0.39, 0.29) is 11.9 Å². The van der Waals surface area contributed by atoms with Gasteiger partial charge >= 0.3 is 0 Å². The summed E-state index contributed by atoms with van der Waals surface area (Å²) < 4.78 is 28.4. The summed E-state index contributed by atoms with van der Waals surface area (Å²) in [5.74, 6) is -0.328. The minimum atomic E-state index is -3.34. The topological polar surface area (TPSA) is 71.7 Å². The molecule has 0 fully saturated rings. The Bertz CT molecular complexity index is 1240. The first-order valence-electron chi connectivity index (χ1n) is 8.51. The van der Waals surface area contributed by atoms with Gasteiger partial charge in [0.25, 0.3) is 5.91 Å². The Kier molecular flexibility index (Phi) is 4.20. The highest BCUT2D eigenvalue weighted by Gasteiger charge is 2.32. The highest BCUT2D eigenvalue weighted by atomic mass is 32.2. The zero-order chi connectivity index (χ0) is 19.3. The summed E-state index contributed by atoms with van der Waals surface area (Å²) in [6.07, 6.45) is 1.79. The third-order valence-corrected chi connectivity index (χ3v) is 7.13. The predicted molar refractivity (Wildman–Crippen MR) is 108 cm³/mol. The second kappa shape index (κ2) is 6.31. The molecule has 0 saturated heterocycles. The number of fused-ring (bicyclic) bond motifs is 2. The molecule has 1 amide bonds. The van der Waals surface area contributed by atoms with Crippen molar-refractivity contribution in [2.75, 3.05) is 10.6 Å². The van der Waals surface area contributed by atoms with Crippen molar-refractivity contribution in [3.05, 3.63) is 58.4 Å². The maximum Gasteiger partial charge on any atom is 0.279 e. The van der Waals surface area contributed by atoms with Crippen LogP contribution in [0.15, 0.2) is 47.5 Å². The molecule has 0 aliphatic carbocycles. The Morgan fingerprint density at radius 1 is 1.22 bits per heavy atom. The number of anilines is 1. The normalized spacial score (nSPS) is 17.5. The number of sulfonamides is 1. The molecule has 0 spiro atoms. The van der Waals surface area contributed by atoms with Crippen molar-refractivity contribution < 1.29 is 13.2 Å². The third kappa shape index (κ3) is 3.08. The fourth-order valence-corrected chi connectivity index (χ4v) is 5.86. The molecular weight excluding hydrogens is 382 g/mol. The van der Waals surface area contributed by atoms with Crippen LogP contribution in [0.3, 0.4) is 0 Å². The first kappa shape index (κ1) is 17.9. The van der Waals surface area contributed by atoms with Gasteiger partial charge in [-0.15, -0.1) is 0 Å². The smallest absolute Gasteiger partial charge is 0.279 e. The molecule has 2 heterocycles. The van der Waals surface area contributed by atoms with E-state index in [1.165, 1.54) is 21.9 Å². The van der Waals surface area contributed by atoms with E-state index in [4.69, 9.17) is 0 Å². The lowest BCUT2D eigenvalue weighted by Crippen LogP contribution is -2.34. The molecule has 6 nitrogen and oxygen atoms in total. The Morgan fingerprint density at radius 3 is 2.67 bits per heavy atom. The number of aryl methyl sites for hydroxylation is 1. The summed E-state index contributed by atoms with van der Waals surface area (Å²) in [6.45, 7) is 1.87. The van der Waals surface area contributed by atoms with Crippen molar-refractivity contribution in [2.24, 2.45) is 12.0 Å². The van der Waals surface area contributed by atoms with E-state index >= 15 is 0 Å². The molecule has 27 heavy (non-hydrogen) atoms. The number of carbonyl (C=O) groups excluding carboxylic acids is 1. The van der Waals surface area contributed by atoms with Gasteiger partial charge in [-0.1, -0.05) is 23.5 Å². The summed E-state index contributed by atoms with van der Waals surface area (Å²) in [5, 5.41) is 0. The number of carbonyl (C=O) groups is 1. The number of amides is 1. The zero-order valence-corrected chi connectivity index (χ0v) is 16.8. The Morgan fingerprint density at radius 2 is 1.96 bits per heavy atom. The van der Waals surface area contributed by atoms with Crippen LogP contribution in [-0.2, 0) is 23.5 Å². The lowest BCUT2D eigenvalue weighted by atomic mass is 10.1. The molecule has 3 aromatic rings. The van der Waals surface area contributed by atoms with E-state index in [0.717, 1.165) is 15.8 Å². The van der Waals surface area contributed by atoms with Crippen molar-refractivity contribution >= 4 is 43.2 Å². The van der Waals surface area contributed by atoms with Gasteiger partial charge in [-0.2, -0.15) is 4.99 Å². The highest BCUT2D eigenvalue weighted by molar-refractivity contribution is 7.92. The lowest BCUT2D eigenvalue weighted by Gasteiger charge is -2.21.